The van der Waals surface area contributed by atoms with Crippen LogP contribution in [0.3, 0.4) is 0 Å². The van der Waals surface area contributed by atoms with Crippen LogP contribution in [0.4, 0.5) is 0 Å². The Kier molecular flexibility index (Phi) is 3.70. The molecule has 0 aromatic carbocycles. The molecule has 7 heteroatoms. The van der Waals surface area contributed by atoms with Crippen molar-refractivity contribution in [2.45, 2.75) is 11.8 Å². The van der Waals surface area contributed by atoms with Gasteiger partial charge in [0.15, 0.2) is 0 Å². The van der Waals surface area contributed by atoms with Gasteiger partial charge in [0.05, 0.1) is 8.68 Å². The topological polar surface area (TPSA) is 49.4 Å². The Labute approximate surface area is 96.1 Å². The lowest BCUT2D eigenvalue weighted by Crippen LogP contribution is -2.36. The van der Waals surface area contributed by atoms with Crippen molar-refractivity contribution in [1.82, 2.24) is 9.84 Å². The molecule has 0 spiro atoms. The number of nitrogens with zero attached hydrogens (tertiary/aromatic N) is 1. The van der Waals surface area contributed by atoms with Gasteiger partial charge in [-0.25, -0.2) is 13.4 Å². The van der Waals surface area contributed by atoms with Crippen LogP contribution in [-0.4, -0.2) is 27.5 Å². The number of hydrogen-bond acceptors (Lipinski definition) is 4. The zero-order valence-corrected chi connectivity index (χ0v) is 11.3. The summed E-state index contributed by atoms with van der Waals surface area (Å²) < 4.78 is 24.2. The van der Waals surface area contributed by atoms with Crippen LogP contribution in [0, 0.1) is 6.92 Å². The average molecular weight is 299 g/mol. The van der Waals surface area contributed by atoms with E-state index in [1.165, 1.54) is 16.3 Å². The zero-order chi connectivity index (χ0) is 10.9. The maximum Gasteiger partial charge on any atom is 0.254 e. The number of thiophene rings is 1. The van der Waals surface area contributed by atoms with Gasteiger partial charge in [0.25, 0.3) is 10.0 Å². The summed E-state index contributed by atoms with van der Waals surface area (Å²) in [7, 11) is -0.147. The molecule has 0 bridgehead atoms. The molecule has 14 heavy (non-hydrogen) atoms. The lowest BCUT2D eigenvalue weighted by Gasteiger charge is -2.11. The van der Waals surface area contributed by atoms with Gasteiger partial charge in [-0.2, -0.15) is 0 Å². The molecule has 0 saturated carbocycles. The molecule has 0 atom stereocenters. The van der Waals surface area contributed by atoms with Gasteiger partial charge in [0, 0.05) is 19.0 Å². The fourth-order valence-corrected chi connectivity index (χ4v) is 4.48. The summed E-state index contributed by atoms with van der Waals surface area (Å²) in [4.78, 5) is 3.47. The van der Waals surface area contributed by atoms with Crippen LogP contribution in [0.2, 0.25) is 0 Å². The van der Waals surface area contributed by atoms with Crippen molar-refractivity contribution in [3.05, 3.63) is 14.7 Å². The SMILES string of the molecule is Cc1sc(Br)cc1S(=O)(=O)NN(C)C. The van der Waals surface area contributed by atoms with E-state index in [2.05, 4.69) is 20.8 Å². The van der Waals surface area contributed by atoms with E-state index in [1.54, 1.807) is 27.1 Å². The number of nitrogens with one attached hydrogen (secondary N) is 1. The highest BCUT2D eigenvalue weighted by Gasteiger charge is 2.19. The van der Waals surface area contributed by atoms with Crippen molar-refractivity contribution in [2.24, 2.45) is 0 Å². The Morgan fingerprint density at radius 1 is 1.50 bits per heavy atom. The van der Waals surface area contributed by atoms with Crippen LogP contribution in [0.5, 0.6) is 0 Å². The fraction of sp³-hybridized carbons (Fsp3) is 0.429. The molecule has 1 heterocycles. The first-order chi connectivity index (χ1) is 6.33. The van der Waals surface area contributed by atoms with E-state index in [9.17, 15) is 8.42 Å². The molecule has 1 N–H and O–H groups in total. The second-order valence-electron chi connectivity index (χ2n) is 2.96. The van der Waals surface area contributed by atoms with E-state index in [-0.39, 0.29) is 0 Å². The number of halogens is 1. The third-order valence-corrected chi connectivity index (χ3v) is 4.73. The monoisotopic (exact) mass is 298 g/mol. The molecule has 0 aliphatic carbocycles. The first-order valence-electron chi connectivity index (χ1n) is 3.78. The molecule has 0 unspecified atom stereocenters. The quantitative estimate of drug-likeness (QED) is 0.862. The minimum absolute atomic E-state index is 0.322. The second kappa shape index (κ2) is 4.28. The van der Waals surface area contributed by atoms with Gasteiger partial charge in [0.1, 0.15) is 0 Å². The molecule has 0 fully saturated rings. The summed E-state index contributed by atoms with van der Waals surface area (Å²) in [5.74, 6) is 0. The average Bonchev–Trinajstić information content (AvgIpc) is 2.27. The third-order valence-electron chi connectivity index (χ3n) is 1.43. The molecule has 80 valence electrons. The molecule has 1 aromatic heterocycles. The molecule has 0 aliphatic heterocycles. The molecule has 1 rings (SSSR count). The molecule has 4 nitrogen and oxygen atoms in total. The van der Waals surface area contributed by atoms with Crippen molar-refractivity contribution < 1.29 is 8.42 Å². The van der Waals surface area contributed by atoms with Gasteiger partial charge < -0.3 is 0 Å². The molecule has 0 amide bonds. The first-order valence-corrected chi connectivity index (χ1v) is 6.88. The van der Waals surface area contributed by atoms with Crippen LogP contribution in [0.25, 0.3) is 0 Å². The van der Waals surface area contributed by atoms with Crippen molar-refractivity contribution in [2.75, 3.05) is 14.1 Å². The summed E-state index contributed by atoms with van der Waals surface area (Å²) >= 11 is 4.66. The lowest BCUT2D eigenvalue weighted by atomic mass is 10.5. The van der Waals surface area contributed by atoms with Gasteiger partial charge >= 0.3 is 0 Å². The summed E-state index contributed by atoms with van der Waals surface area (Å²) in [6.45, 7) is 1.78. The largest absolute Gasteiger partial charge is 0.254 e. The summed E-state index contributed by atoms with van der Waals surface area (Å²) in [5.41, 5.74) is 0. The van der Waals surface area contributed by atoms with E-state index in [4.69, 9.17) is 0 Å². The normalized spacial score (nSPS) is 12.4. The molecule has 1 aromatic rings. The Hall–Kier alpha value is 0.0500. The minimum atomic E-state index is -3.41. The van der Waals surface area contributed by atoms with Gasteiger partial charge in [-0.05, 0) is 28.9 Å². The van der Waals surface area contributed by atoms with Crippen molar-refractivity contribution in [3.8, 4) is 0 Å². The van der Waals surface area contributed by atoms with E-state index in [0.717, 1.165) is 8.66 Å². The van der Waals surface area contributed by atoms with Crippen LogP contribution in [-0.2, 0) is 10.0 Å². The van der Waals surface area contributed by atoms with Gasteiger partial charge in [-0.15, -0.1) is 16.2 Å². The standard InChI is InChI=1S/C7H11BrN2O2S2/c1-5-6(4-7(8)13-5)14(11,12)9-10(2)3/h4,9H,1-3H3. The molecule has 0 aliphatic rings. The highest BCUT2D eigenvalue weighted by atomic mass is 79.9. The van der Waals surface area contributed by atoms with Crippen molar-refractivity contribution >= 4 is 37.3 Å². The van der Waals surface area contributed by atoms with E-state index >= 15 is 0 Å². The first kappa shape index (κ1) is 12.1. The maximum atomic E-state index is 11.7. The Balaban J connectivity index is 3.10. The van der Waals surface area contributed by atoms with Gasteiger partial charge in [0.2, 0.25) is 0 Å². The molecule has 0 saturated heterocycles. The fourth-order valence-electron chi connectivity index (χ4n) is 0.987. The number of aryl methyl sites for hydroxylation is 1. The number of rotatable bonds is 3. The van der Waals surface area contributed by atoms with Crippen molar-refractivity contribution in [1.29, 1.82) is 0 Å². The number of sulfonamides is 1. The second-order valence-corrected chi connectivity index (χ2v) is 7.22. The highest BCUT2D eigenvalue weighted by molar-refractivity contribution is 9.11. The van der Waals surface area contributed by atoms with Crippen LogP contribution >= 0.6 is 27.3 Å². The minimum Gasteiger partial charge on any atom is -0.237 e. The molecular formula is C7H11BrN2O2S2. The van der Waals surface area contributed by atoms with Crippen LogP contribution in [0.1, 0.15) is 4.88 Å². The lowest BCUT2D eigenvalue weighted by molar-refractivity contribution is 0.364. The predicted molar refractivity (Wildman–Crippen MR) is 60.8 cm³/mol. The summed E-state index contributed by atoms with van der Waals surface area (Å²) in [5, 5.41) is 1.40. The van der Waals surface area contributed by atoms with Crippen LogP contribution < -0.4 is 4.83 Å². The van der Waals surface area contributed by atoms with Crippen molar-refractivity contribution in [3.63, 3.8) is 0 Å². The highest BCUT2D eigenvalue weighted by Crippen LogP contribution is 2.29. The van der Waals surface area contributed by atoms with Crippen LogP contribution in [0.15, 0.2) is 14.7 Å². The van der Waals surface area contributed by atoms with Gasteiger partial charge in [-0.1, -0.05) is 0 Å². The summed E-state index contributed by atoms with van der Waals surface area (Å²) in [6, 6.07) is 1.60. The molecule has 0 radical (unpaired) electrons. The maximum absolute atomic E-state index is 11.7. The van der Waals surface area contributed by atoms with E-state index in [0.29, 0.717) is 4.90 Å². The van der Waals surface area contributed by atoms with Gasteiger partial charge in [-0.3, -0.25) is 0 Å². The smallest absolute Gasteiger partial charge is 0.237 e. The number of hydrogen-bond donors (Lipinski definition) is 1. The molecular weight excluding hydrogens is 288 g/mol. The Morgan fingerprint density at radius 2 is 2.07 bits per heavy atom. The number of hydrazine groups is 1. The third kappa shape index (κ3) is 2.77. The Morgan fingerprint density at radius 3 is 2.43 bits per heavy atom. The zero-order valence-electron chi connectivity index (χ0n) is 8.04. The summed E-state index contributed by atoms with van der Waals surface area (Å²) in [6.07, 6.45) is 0. The predicted octanol–water partition coefficient (Wildman–Crippen LogP) is 1.57. The van der Waals surface area contributed by atoms with E-state index < -0.39 is 10.0 Å². The van der Waals surface area contributed by atoms with E-state index in [1.807, 2.05) is 0 Å². The Bertz CT molecular complexity index is 425.